The van der Waals surface area contributed by atoms with Crippen molar-refractivity contribution in [3.63, 3.8) is 0 Å². The van der Waals surface area contributed by atoms with Crippen molar-refractivity contribution in [2.45, 2.75) is 59.9 Å². The van der Waals surface area contributed by atoms with E-state index < -0.39 is 11.9 Å². The highest BCUT2D eigenvalue weighted by Gasteiger charge is 2.45. The third-order valence-electron chi connectivity index (χ3n) is 6.96. The summed E-state index contributed by atoms with van der Waals surface area (Å²) in [6, 6.07) is 4.25. The zero-order valence-corrected chi connectivity index (χ0v) is 21.0. The molecule has 1 aliphatic carbocycles. The Morgan fingerprint density at radius 1 is 1.21 bits per heavy atom. The van der Waals surface area contributed by atoms with Gasteiger partial charge in [0, 0.05) is 38.0 Å². The topological polar surface area (TPSA) is 91.1 Å². The van der Waals surface area contributed by atoms with Crippen LogP contribution in [0, 0.1) is 19.3 Å². The van der Waals surface area contributed by atoms with Gasteiger partial charge >= 0.3 is 5.97 Å². The molecule has 2 heterocycles. The molecule has 0 bridgehead atoms. The monoisotopic (exact) mass is 468 g/mol. The van der Waals surface area contributed by atoms with Gasteiger partial charge in [-0.3, -0.25) is 9.69 Å². The SMILES string of the molecule is CCOC(=O)C1=C(N)OC2=C(C(=O)CC(C)(C)C2)C1c1cc(C)cc(CN2CCOCC2)c1C. The highest BCUT2D eigenvalue weighted by Crippen LogP contribution is 2.49. The molecule has 1 aromatic rings. The summed E-state index contributed by atoms with van der Waals surface area (Å²) in [7, 11) is 0. The van der Waals surface area contributed by atoms with Crippen LogP contribution < -0.4 is 5.73 Å². The minimum Gasteiger partial charge on any atom is -0.462 e. The van der Waals surface area contributed by atoms with Crippen LogP contribution in [0.1, 0.15) is 61.8 Å². The van der Waals surface area contributed by atoms with Crippen molar-refractivity contribution in [2.75, 3.05) is 32.9 Å². The average Bonchev–Trinajstić information content (AvgIpc) is 2.75. The lowest BCUT2D eigenvalue weighted by Gasteiger charge is -2.38. The third-order valence-corrected chi connectivity index (χ3v) is 6.96. The summed E-state index contributed by atoms with van der Waals surface area (Å²) >= 11 is 0. The molecule has 0 spiro atoms. The number of carbonyl (C=O) groups excluding carboxylic acids is 2. The second-order valence-corrected chi connectivity index (χ2v) is 10.3. The van der Waals surface area contributed by atoms with Crippen LogP contribution in [0.25, 0.3) is 0 Å². The highest BCUT2D eigenvalue weighted by atomic mass is 16.5. The molecule has 0 aromatic heterocycles. The number of hydrogen-bond acceptors (Lipinski definition) is 7. The van der Waals surface area contributed by atoms with Crippen molar-refractivity contribution < 1.29 is 23.8 Å². The molecule has 34 heavy (non-hydrogen) atoms. The van der Waals surface area contributed by atoms with Crippen molar-refractivity contribution in [1.29, 1.82) is 0 Å². The summed E-state index contributed by atoms with van der Waals surface area (Å²) in [5.74, 6) is -0.531. The second kappa shape index (κ2) is 9.55. The average molecular weight is 469 g/mol. The Bertz CT molecular complexity index is 1060. The van der Waals surface area contributed by atoms with E-state index in [1.54, 1.807) is 6.92 Å². The van der Waals surface area contributed by atoms with E-state index in [0.29, 0.717) is 24.2 Å². The van der Waals surface area contributed by atoms with E-state index in [-0.39, 0.29) is 29.3 Å². The zero-order valence-electron chi connectivity index (χ0n) is 21.0. The number of nitrogens with two attached hydrogens (primary N) is 1. The number of aryl methyl sites for hydroxylation is 1. The van der Waals surface area contributed by atoms with Gasteiger partial charge in [-0.1, -0.05) is 31.5 Å². The summed E-state index contributed by atoms with van der Waals surface area (Å²) in [6.07, 6.45) is 0.986. The van der Waals surface area contributed by atoms with E-state index in [1.165, 1.54) is 5.56 Å². The minimum absolute atomic E-state index is 0.00110. The predicted molar refractivity (Wildman–Crippen MR) is 129 cm³/mol. The van der Waals surface area contributed by atoms with Crippen LogP contribution in [0.2, 0.25) is 0 Å². The van der Waals surface area contributed by atoms with Crippen molar-refractivity contribution in [3.05, 3.63) is 57.2 Å². The van der Waals surface area contributed by atoms with Crippen molar-refractivity contribution >= 4 is 11.8 Å². The fourth-order valence-corrected chi connectivity index (χ4v) is 5.33. The Balaban J connectivity index is 1.85. The normalized spacial score (nSPS) is 23.0. The second-order valence-electron chi connectivity index (χ2n) is 10.3. The lowest BCUT2D eigenvalue weighted by Crippen LogP contribution is -2.37. The molecule has 2 aliphatic heterocycles. The standard InChI is InChI=1S/C27H36N2O5/c1-6-33-26(31)24-22(23-20(30)13-27(4,5)14-21(23)34-25(24)28)19-12-16(2)11-18(17(19)3)15-29-7-9-32-10-8-29/h11-12,22H,6-10,13-15,28H2,1-5H3. The lowest BCUT2D eigenvalue weighted by molar-refractivity contribution is -0.139. The Kier molecular flexibility index (Phi) is 6.87. The largest absolute Gasteiger partial charge is 0.462 e. The molecule has 0 radical (unpaired) electrons. The molecule has 7 heteroatoms. The van der Waals surface area contributed by atoms with Crippen molar-refractivity contribution in [3.8, 4) is 0 Å². The van der Waals surface area contributed by atoms with Gasteiger partial charge in [0.15, 0.2) is 5.78 Å². The predicted octanol–water partition coefficient (Wildman–Crippen LogP) is 3.63. The van der Waals surface area contributed by atoms with E-state index >= 15 is 0 Å². The maximum atomic E-state index is 13.5. The molecule has 1 fully saturated rings. The number of nitrogens with zero attached hydrogens (tertiary/aromatic N) is 1. The molecule has 1 atom stereocenters. The van der Waals surface area contributed by atoms with Gasteiger partial charge in [0.1, 0.15) is 11.3 Å². The fourth-order valence-electron chi connectivity index (χ4n) is 5.33. The number of Topliss-reactive ketones (excluding diaryl/α,β-unsaturated/α-hetero) is 1. The molecule has 4 rings (SSSR count). The molecule has 0 saturated carbocycles. The van der Waals surface area contributed by atoms with Gasteiger partial charge in [-0.05, 0) is 42.9 Å². The van der Waals surface area contributed by atoms with Gasteiger partial charge in [0.05, 0.1) is 25.7 Å². The number of morpholine rings is 1. The number of ether oxygens (including phenoxy) is 3. The van der Waals surface area contributed by atoms with Crippen molar-refractivity contribution in [1.82, 2.24) is 4.90 Å². The number of rotatable bonds is 5. The first-order valence-corrected chi connectivity index (χ1v) is 12.1. The van der Waals surface area contributed by atoms with Crippen LogP contribution in [-0.4, -0.2) is 49.6 Å². The smallest absolute Gasteiger partial charge is 0.340 e. The Morgan fingerprint density at radius 2 is 1.91 bits per heavy atom. The van der Waals surface area contributed by atoms with Crippen LogP contribution in [-0.2, 0) is 30.3 Å². The minimum atomic E-state index is -0.602. The van der Waals surface area contributed by atoms with Crippen molar-refractivity contribution in [2.24, 2.45) is 11.1 Å². The first-order valence-electron chi connectivity index (χ1n) is 12.1. The van der Waals surface area contributed by atoms with Gasteiger partial charge in [0.2, 0.25) is 5.88 Å². The molecule has 3 aliphatic rings. The molecule has 0 amide bonds. The number of hydrogen-bond donors (Lipinski definition) is 1. The highest BCUT2D eigenvalue weighted by molar-refractivity contribution is 6.03. The van der Waals surface area contributed by atoms with Gasteiger partial charge in [0.25, 0.3) is 0 Å². The van der Waals surface area contributed by atoms with E-state index in [1.807, 2.05) is 20.8 Å². The molecule has 1 aromatic carbocycles. The first kappa shape index (κ1) is 24.5. The van der Waals surface area contributed by atoms with Gasteiger partial charge in [-0.25, -0.2) is 4.79 Å². The molecular formula is C27H36N2O5. The zero-order chi connectivity index (χ0) is 24.6. The Labute approximate surface area is 201 Å². The number of allylic oxidation sites excluding steroid dienone is 2. The van der Waals surface area contributed by atoms with E-state index in [2.05, 4.69) is 24.0 Å². The van der Waals surface area contributed by atoms with Crippen LogP contribution in [0.5, 0.6) is 0 Å². The van der Waals surface area contributed by atoms with E-state index in [0.717, 1.165) is 49.5 Å². The summed E-state index contributed by atoms with van der Waals surface area (Å²) in [5, 5.41) is 0. The first-order chi connectivity index (χ1) is 16.1. The molecule has 2 N–H and O–H groups in total. The number of benzene rings is 1. The van der Waals surface area contributed by atoms with Crippen LogP contribution >= 0.6 is 0 Å². The van der Waals surface area contributed by atoms with Crippen LogP contribution in [0.15, 0.2) is 34.9 Å². The number of esters is 1. The lowest BCUT2D eigenvalue weighted by atomic mass is 9.69. The quantitative estimate of drug-likeness (QED) is 0.660. The van der Waals surface area contributed by atoms with Gasteiger partial charge in [-0.15, -0.1) is 0 Å². The summed E-state index contributed by atoms with van der Waals surface area (Å²) in [6.45, 7) is 14.2. The molecule has 184 valence electrons. The molecule has 1 saturated heterocycles. The Morgan fingerprint density at radius 3 is 2.59 bits per heavy atom. The summed E-state index contributed by atoms with van der Waals surface area (Å²) < 4.78 is 16.8. The summed E-state index contributed by atoms with van der Waals surface area (Å²) in [5.41, 5.74) is 11.1. The Hall–Kier alpha value is -2.64. The maximum absolute atomic E-state index is 13.5. The van der Waals surface area contributed by atoms with Crippen LogP contribution in [0.3, 0.4) is 0 Å². The third kappa shape index (κ3) is 4.77. The van der Waals surface area contributed by atoms with Crippen LogP contribution in [0.4, 0.5) is 0 Å². The van der Waals surface area contributed by atoms with Gasteiger partial charge in [-0.2, -0.15) is 0 Å². The number of carbonyl (C=O) groups is 2. The molecule has 1 unspecified atom stereocenters. The maximum Gasteiger partial charge on any atom is 0.340 e. The van der Waals surface area contributed by atoms with E-state index in [4.69, 9.17) is 19.9 Å². The fraction of sp³-hybridized carbons (Fsp3) is 0.556. The number of ketones is 1. The van der Waals surface area contributed by atoms with Gasteiger partial charge < -0.3 is 19.9 Å². The van der Waals surface area contributed by atoms with E-state index in [9.17, 15) is 9.59 Å². The summed E-state index contributed by atoms with van der Waals surface area (Å²) in [4.78, 5) is 29.0. The molecule has 7 nitrogen and oxygen atoms in total. The molecular weight excluding hydrogens is 432 g/mol.